The molecular formula is C78H103N17O26. The van der Waals surface area contributed by atoms with Crippen molar-refractivity contribution in [2.45, 2.75) is 191 Å². The van der Waals surface area contributed by atoms with Gasteiger partial charge in [0.25, 0.3) is 0 Å². The van der Waals surface area contributed by atoms with E-state index >= 15 is 0 Å². The summed E-state index contributed by atoms with van der Waals surface area (Å²) >= 11 is 0. The molecule has 4 aromatic rings. The molecule has 0 aliphatic carbocycles. The lowest BCUT2D eigenvalue weighted by molar-refractivity contribution is -0.156. The van der Waals surface area contributed by atoms with Crippen LogP contribution in [-0.2, 0) is 109 Å². The molecule has 2 heterocycles. The summed E-state index contributed by atoms with van der Waals surface area (Å²) in [5.74, 6) is -30.0. The van der Waals surface area contributed by atoms with Gasteiger partial charge < -0.3 is 121 Å². The van der Waals surface area contributed by atoms with E-state index in [2.05, 4.69) is 70.4 Å². The molecule has 0 spiro atoms. The molecular weight excluding hydrogens is 1590 g/mol. The third-order valence-corrected chi connectivity index (χ3v) is 18.9. The average molecular weight is 1690 g/mol. The van der Waals surface area contributed by atoms with Crippen molar-refractivity contribution in [1.82, 2.24) is 74.1 Å². The number of ketones is 1. The van der Waals surface area contributed by atoms with E-state index in [9.17, 15) is 121 Å². The molecule has 14 amide bonds. The number of aliphatic hydroxyl groups excluding tert-OH is 1. The molecule has 1 saturated heterocycles. The van der Waals surface area contributed by atoms with Gasteiger partial charge in [0.15, 0.2) is 5.78 Å². The van der Waals surface area contributed by atoms with Crippen molar-refractivity contribution >= 4 is 140 Å². The van der Waals surface area contributed by atoms with Crippen molar-refractivity contribution < 1.29 is 126 Å². The topological polar surface area (TPSA) is 688 Å². The first-order valence-electron chi connectivity index (χ1n) is 38.4. The summed E-state index contributed by atoms with van der Waals surface area (Å²) in [5.41, 5.74) is 14.7. The number of anilines is 1. The van der Waals surface area contributed by atoms with Gasteiger partial charge in [-0.3, -0.25) is 91.1 Å². The Morgan fingerprint density at radius 2 is 1.14 bits per heavy atom. The fraction of sp³-hybridized carbons (Fsp3) is 0.462. The number of allylic oxidation sites excluding steroid dienone is 1. The molecule has 0 saturated carbocycles. The Kier molecular flexibility index (Phi) is 39.0. The number of aliphatic carboxylic acids is 4. The largest absolute Gasteiger partial charge is 0.481 e. The summed E-state index contributed by atoms with van der Waals surface area (Å²) < 4.78 is 5.74. The fourth-order valence-electron chi connectivity index (χ4n) is 12.4. The van der Waals surface area contributed by atoms with Crippen LogP contribution in [0.1, 0.15) is 132 Å². The number of unbranched alkanes of at least 4 members (excludes halogenated alkanes) is 2. The smallest absolute Gasteiger partial charge is 0.329 e. The van der Waals surface area contributed by atoms with Gasteiger partial charge in [0.1, 0.15) is 72.6 Å². The average Bonchev–Trinajstić information content (AvgIpc) is 1.63. The van der Waals surface area contributed by atoms with Crippen LogP contribution in [-0.4, -0.2) is 255 Å². The third-order valence-electron chi connectivity index (χ3n) is 18.9. The number of carbonyl (C=O) groups is 20. The zero-order chi connectivity index (χ0) is 89.9. The molecule has 0 bridgehead atoms. The minimum absolute atomic E-state index is 0.0965. The van der Waals surface area contributed by atoms with Crippen LogP contribution in [0.3, 0.4) is 0 Å². The van der Waals surface area contributed by atoms with E-state index < -0.39 is 261 Å². The zero-order valence-corrected chi connectivity index (χ0v) is 67.1. The van der Waals surface area contributed by atoms with Gasteiger partial charge in [0.05, 0.1) is 51.8 Å². The molecule has 43 nitrogen and oxygen atoms in total. The highest BCUT2D eigenvalue weighted by molar-refractivity contribution is 6.06. The van der Waals surface area contributed by atoms with E-state index in [1.165, 1.54) is 37.4 Å². The first-order chi connectivity index (χ1) is 57.2. The summed E-state index contributed by atoms with van der Waals surface area (Å²) in [6.07, 6.45) is -3.31. The van der Waals surface area contributed by atoms with Gasteiger partial charge in [-0.15, -0.1) is 0 Å². The second-order valence-corrected chi connectivity index (χ2v) is 28.5. The number of benzene rings is 3. The number of carboxylic acid groups (broad SMARTS) is 4. The lowest BCUT2D eigenvalue weighted by Gasteiger charge is -2.30. The van der Waals surface area contributed by atoms with Gasteiger partial charge in [-0.2, -0.15) is 0 Å². The Morgan fingerprint density at radius 3 is 1.74 bits per heavy atom. The summed E-state index contributed by atoms with van der Waals surface area (Å²) in [4.78, 5) is 278. The lowest BCUT2D eigenvalue weighted by atomic mass is 9.95. The molecule has 1 aliphatic heterocycles. The highest BCUT2D eigenvalue weighted by Crippen LogP contribution is 2.23. The van der Waals surface area contributed by atoms with Gasteiger partial charge in [0.2, 0.25) is 82.7 Å². The first kappa shape index (κ1) is 97.8. The quantitative estimate of drug-likeness (QED) is 0.00908. The van der Waals surface area contributed by atoms with Gasteiger partial charge in [-0.1, -0.05) is 81.3 Å². The standard InChI is InChI=1S/C78H103N17O26/c1-7-8-9-15-42-21-23-43(24-22-42)38(2)26-59(99)87-50(28-44-34-82-48-19-13-10-16-45(44)48)72(114)90-51(30-58(80)98)73(115)92-54(33-65(108)109)74(116)95-67-41(5)121-78(120)55(29-57(97)46-17-11-12-18-47(46)81-6)93-77(119)66(39(3)27-62(102)103)94-75(117)56(37-96)88-61(101)35-83-69(111)52(31-63(104)105)89-68(110)40(4)85-71(113)53(32-64(106)107)91-70(112)49(20-14-25-79)86-60(100)36-84-76(67)118/h10-13,16-19,21-24,26,34,39-41,49-56,66-67,81-82,96H,7-9,14-15,20,25,27-33,35-37,79H2,1-6H3,(H2,80,98)(H,83,111)(H,84,118)(H,85,113)(H,86,100)(H,87,99)(H,88,101)(H,89,110)(H,90,114)(H,91,112)(H,92,115)(H,93,119)(H,94,117)(H,95,116)(H,102,103)(H,104,105)(H,106,107)(H,108,109)/b38-26+/t39?,40-,41-,49+,50+,51-,52+,53+,54+,55+,56-,66?,67+/m1/s1. The molecule has 43 heteroatoms. The van der Waals surface area contributed by atoms with Crippen LogP contribution in [0.2, 0.25) is 0 Å². The lowest BCUT2D eigenvalue weighted by Crippen LogP contribution is -2.62. The number of para-hydroxylation sites is 2. The number of primary amides is 1. The summed E-state index contributed by atoms with van der Waals surface area (Å²) in [6.45, 7) is 2.80. The summed E-state index contributed by atoms with van der Waals surface area (Å²) in [5, 5.41) is 81.7. The Morgan fingerprint density at radius 1 is 0.579 bits per heavy atom. The van der Waals surface area contributed by atoms with Gasteiger partial charge in [0, 0.05) is 54.3 Å². The van der Waals surface area contributed by atoms with Crippen LogP contribution in [0, 0.1) is 5.92 Å². The third kappa shape index (κ3) is 31.9. The molecule has 3 aromatic carbocycles. The highest BCUT2D eigenvalue weighted by atomic mass is 16.5. The van der Waals surface area contributed by atoms with E-state index in [1.807, 2.05) is 40.2 Å². The minimum atomic E-state index is -2.46. The normalized spacial score (nSPS) is 20.8. The number of Topliss-reactive ketones (excluding diaryl/α,β-unsaturated/α-hetero) is 1. The van der Waals surface area contributed by atoms with Crippen LogP contribution >= 0.6 is 0 Å². The van der Waals surface area contributed by atoms with Crippen LogP contribution in [0.15, 0.2) is 85.1 Å². The molecule has 13 atom stereocenters. The number of aromatic nitrogens is 1. The fourth-order valence-corrected chi connectivity index (χ4v) is 12.4. The van der Waals surface area contributed by atoms with Crippen LogP contribution in [0.25, 0.3) is 16.5 Å². The van der Waals surface area contributed by atoms with Gasteiger partial charge in [-0.05, 0) is 99.4 Å². The van der Waals surface area contributed by atoms with E-state index in [1.54, 1.807) is 37.4 Å². The Balaban J connectivity index is 1.62. The minimum Gasteiger partial charge on any atom is -0.481 e. The van der Waals surface area contributed by atoms with Crippen molar-refractivity contribution in [3.63, 3.8) is 0 Å². The number of ether oxygens (including phenoxy) is 1. The number of esters is 1. The Bertz CT molecular complexity index is 4510. The number of rotatable bonds is 34. The molecule has 121 heavy (non-hydrogen) atoms. The van der Waals surface area contributed by atoms with E-state index in [-0.39, 0.29) is 30.6 Å². The second-order valence-electron chi connectivity index (χ2n) is 28.5. The van der Waals surface area contributed by atoms with Crippen molar-refractivity contribution in [3.05, 3.63) is 107 Å². The molecule has 1 aromatic heterocycles. The first-order valence-corrected chi connectivity index (χ1v) is 38.4. The van der Waals surface area contributed by atoms with E-state index in [4.69, 9.17) is 16.2 Å². The van der Waals surface area contributed by atoms with Crippen LogP contribution in [0.4, 0.5) is 5.69 Å². The van der Waals surface area contributed by atoms with Gasteiger partial charge >= 0.3 is 29.8 Å². The zero-order valence-electron chi connectivity index (χ0n) is 67.1. The van der Waals surface area contributed by atoms with Crippen molar-refractivity contribution in [1.29, 1.82) is 0 Å². The predicted octanol–water partition coefficient (Wildman–Crippen LogP) is -4.47. The maximum atomic E-state index is 15.0. The molecule has 0 radical (unpaired) electrons. The van der Waals surface area contributed by atoms with Crippen molar-refractivity contribution in [3.8, 4) is 0 Å². The number of H-pyrrole nitrogens is 1. The summed E-state index contributed by atoms with van der Waals surface area (Å²) in [6, 6.07) is -2.85. The highest BCUT2D eigenvalue weighted by Gasteiger charge is 2.41. The number of fused-ring (bicyclic) bond motifs is 1. The summed E-state index contributed by atoms with van der Waals surface area (Å²) in [7, 11) is 1.41. The maximum Gasteiger partial charge on any atom is 0.329 e. The van der Waals surface area contributed by atoms with Crippen LogP contribution < -0.4 is 85.9 Å². The van der Waals surface area contributed by atoms with Crippen molar-refractivity contribution in [2.75, 3.05) is 38.6 Å². The second kappa shape index (κ2) is 48.2. The monoisotopic (exact) mass is 1690 g/mol. The number of aromatic amines is 1. The SMILES string of the molecule is CCCCCc1ccc(/C(C)=C/C(=O)N[C@@H](Cc2c[nH]c3ccccc23)C(=O)N[C@H](CC(N)=O)C(=O)N[C@@H](CC(=O)O)C(=O)N[C@@H]2C(=O)NCC(=O)N[C@@H](CCCN)C(=O)N[C@@H](CC(=O)O)C(=O)N[C@H](C)C(=O)N[C@@H](CC(=O)O)C(=O)NCC(=O)N[C@H](CO)C(=O)NC(C(C)CC(=O)O)C(=O)N[C@@H](CC(=O)c3ccccc3NC)C(=O)O[C@@H]2C)cc1. The number of hydrogen-bond acceptors (Lipinski definition) is 24. The van der Waals surface area contributed by atoms with Crippen molar-refractivity contribution in [2.24, 2.45) is 17.4 Å². The molecule has 1 aliphatic rings. The Labute approximate surface area is 692 Å². The number of carbonyl (C=O) groups excluding carboxylic acids is 16. The number of amides is 14. The number of hydrogen-bond donors (Lipinski definition) is 22. The number of nitrogens with two attached hydrogens (primary N) is 2. The van der Waals surface area contributed by atoms with Gasteiger partial charge in [-0.25, -0.2) is 4.79 Å². The van der Waals surface area contributed by atoms with E-state index in [0.29, 0.717) is 27.6 Å². The Hall–Kier alpha value is -13.7. The number of aryl methyl sites for hydroxylation is 1. The predicted molar refractivity (Wildman–Crippen MR) is 426 cm³/mol. The number of aliphatic hydroxyl groups is 1. The number of nitrogens with one attached hydrogen (secondary N) is 15. The molecule has 24 N–H and O–H groups in total. The van der Waals surface area contributed by atoms with Crippen LogP contribution in [0.5, 0.6) is 0 Å². The van der Waals surface area contributed by atoms with E-state index in [0.717, 1.165) is 52.0 Å². The number of carboxylic acids is 4. The molecule has 656 valence electrons. The molecule has 1 fully saturated rings. The maximum absolute atomic E-state index is 15.0. The molecule has 2 unspecified atom stereocenters. The molecule has 5 rings (SSSR count). The number of cyclic esters (lactones) is 1.